The Morgan fingerprint density at radius 3 is 2.52 bits per heavy atom. The molecule has 1 aromatic carbocycles. The van der Waals surface area contributed by atoms with Crippen LogP contribution in [0.3, 0.4) is 0 Å². The monoisotopic (exact) mass is 314 g/mol. The van der Waals surface area contributed by atoms with Gasteiger partial charge in [0.25, 0.3) is 0 Å². The second-order valence-electron chi connectivity index (χ2n) is 4.11. The Bertz CT molecular complexity index is 790. The molecule has 0 radical (unpaired) electrons. The van der Waals surface area contributed by atoms with Gasteiger partial charge in [-0.2, -0.15) is 0 Å². The average Bonchev–Trinajstić information content (AvgIpc) is 2.43. The fourth-order valence-corrected chi connectivity index (χ4v) is 2.09. The number of aryl methyl sites for hydroxylation is 1. The molecule has 0 aliphatic heterocycles. The third-order valence-corrected chi connectivity index (χ3v) is 3.08. The Labute approximate surface area is 122 Å². The first-order valence-electron chi connectivity index (χ1n) is 5.70. The Balaban J connectivity index is 2.66. The van der Waals surface area contributed by atoms with E-state index in [4.69, 9.17) is 12.2 Å². The van der Waals surface area contributed by atoms with E-state index in [1.54, 1.807) is 0 Å². The van der Waals surface area contributed by atoms with Crippen molar-refractivity contribution in [3.63, 3.8) is 0 Å². The lowest BCUT2D eigenvalue weighted by atomic mass is 10.1. The van der Waals surface area contributed by atoms with Crippen molar-refractivity contribution in [2.75, 3.05) is 7.11 Å². The summed E-state index contributed by atoms with van der Waals surface area (Å²) in [4.78, 5) is 18.0. The molecule has 0 bridgehead atoms. The van der Waals surface area contributed by atoms with Crippen LogP contribution in [0, 0.1) is 29.0 Å². The first kappa shape index (κ1) is 15.2. The van der Waals surface area contributed by atoms with Crippen LogP contribution in [0.1, 0.15) is 16.1 Å². The minimum absolute atomic E-state index is 0.0271. The molecule has 110 valence electrons. The second-order valence-corrected chi connectivity index (χ2v) is 4.49. The number of aromatic amines is 1. The quantitative estimate of drug-likeness (QED) is 0.525. The van der Waals surface area contributed by atoms with Gasteiger partial charge in [-0.25, -0.2) is 22.9 Å². The van der Waals surface area contributed by atoms with Gasteiger partial charge in [0, 0.05) is 5.69 Å². The van der Waals surface area contributed by atoms with E-state index in [-0.39, 0.29) is 27.3 Å². The fourth-order valence-electron chi connectivity index (χ4n) is 1.76. The fraction of sp³-hybridized carbons (Fsp3) is 0.154. The van der Waals surface area contributed by atoms with Gasteiger partial charge in [-0.05, 0) is 19.1 Å². The molecule has 0 aliphatic rings. The number of nitrogens with one attached hydrogen (secondary N) is 1. The van der Waals surface area contributed by atoms with Crippen LogP contribution in [0.2, 0.25) is 0 Å². The molecular formula is C13H9F3N2O2S. The predicted molar refractivity (Wildman–Crippen MR) is 70.8 cm³/mol. The standard InChI is InChI=1S/C13H9F3N2O2S/c1-5-8(13(19)20-2)12(21)18-11(17-5)6-3-4-7(14)10(16)9(6)15/h3-4H,1-2H3,(H,17,18,21). The van der Waals surface area contributed by atoms with E-state index in [1.165, 1.54) is 14.0 Å². The van der Waals surface area contributed by atoms with Gasteiger partial charge in [0.1, 0.15) is 16.0 Å². The number of methoxy groups -OCH3 is 1. The number of aromatic nitrogens is 2. The number of benzene rings is 1. The summed E-state index contributed by atoms with van der Waals surface area (Å²) < 4.78 is 44.3. The van der Waals surface area contributed by atoms with Gasteiger partial charge in [0.15, 0.2) is 17.5 Å². The topological polar surface area (TPSA) is 55.0 Å². The van der Waals surface area contributed by atoms with Crippen LogP contribution in [0.5, 0.6) is 0 Å². The summed E-state index contributed by atoms with van der Waals surface area (Å²) in [5, 5.41) is 0. The van der Waals surface area contributed by atoms with Gasteiger partial charge >= 0.3 is 5.97 Å². The van der Waals surface area contributed by atoms with Crippen LogP contribution in [0.25, 0.3) is 11.4 Å². The number of esters is 1. The molecule has 4 nitrogen and oxygen atoms in total. The lowest BCUT2D eigenvalue weighted by molar-refractivity contribution is 0.0598. The van der Waals surface area contributed by atoms with Crippen LogP contribution in [0.4, 0.5) is 13.2 Å². The molecule has 1 N–H and O–H groups in total. The summed E-state index contributed by atoms with van der Waals surface area (Å²) in [6.07, 6.45) is 0. The van der Waals surface area contributed by atoms with E-state index in [9.17, 15) is 18.0 Å². The second kappa shape index (κ2) is 5.65. The SMILES string of the molecule is COC(=O)c1c(C)[nH]c(-c2ccc(F)c(F)c2F)nc1=S. The van der Waals surface area contributed by atoms with E-state index >= 15 is 0 Å². The Morgan fingerprint density at radius 2 is 1.95 bits per heavy atom. The normalized spacial score (nSPS) is 10.5. The molecular weight excluding hydrogens is 305 g/mol. The number of H-pyrrole nitrogens is 1. The molecule has 0 unspecified atom stereocenters. The molecule has 1 aromatic heterocycles. The molecule has 0 fully saturated rings. The lowest BCUT2D eigenvalue weighted by Crippen LogP contribution is -2.09. The van der Waals surface area contributed by atoms with E-state index in [0.717, 1.165) is 12.1 Å². The summed E-state index contributed by atoms with van der Waals surface area (Å²) >= 11 is 4.95. The largest absolute Gasteiger partial charge is 0.465 e. The van der Waals surface area contributed by atoms with Crippen molar-refractivity contribution in [3.8, 4) is 11.4 Å². The maximum Gasteiger partial charge on any atom is 0.342 e. The molecule has 0 aliphatic carbocycles. The molecule has 0 atom stereocenters. The molecule has 0 saturated heterocycles. The molecule has 0 spiro atoms. The number of ether oxygens (including phenoxy) is 1. The van der Waals surface area contributed by atoms with E-state index in [0.29, 0.717) is 0 Å². The van der Waals surface area contributed by atoms with Crippen molar-refractivity contribution in [3.05, 3.63) is 45.5 Å². The number of hydrogen-bond acceptors (Lipinski definition) is 4. The van der Waals surface area contributed by atoms with Crippen molar-refractivity contribution in [1.29, 1.82) is 0 Å². The number of hydrogen-bond donors (Lipinski definition) is 1. The van der Waals surface area contributed by atoms with Crippen molar-refractivity contribution in [1.82, 2.24) is 9.97 Å². The first-order valence-corrected chi connectivity index (χ1v) is 6.10. The van der Waals surface area contributed by atoms with Gasteiger partial charge in [0.05, 0.1) is 12.7 Å². The van der Waals surface area contributed by atoms with Gasteiger partial charge in [-0.1, -0.05) is 12.2 Å². The molecule has 0 saturated carbocycles. The van der Waals surface area contributed by atoms with Crippen LogP contribution in [0.15, 0.2) is 12.1 Å². The lowest BCUT2D eigenvalue weighted by Gasteiger charge is -2.09. The smallest absolute Gasteiger partial charge is 0.342 e. The summed E-state index contributed by atoms with van der Waals surface area (Å²) in [7, 11) is 1.18. The Morgan fingerprint density at radius 1 is 1.29 bits per heavy atom. The Kier molecular flexibility index (Phi) is 4.08. The average molecular weight is 314 g/mol. The van der Waals surface area contributed by atoms with Crippen molar-refractivity contribution < 1.29 is 22.7 Å². The van der Waals surface area contributed by atoms with Crippen LogP contribution < -0.4 is 0 Å². The van der Waals surface area contributed by atoms with Gasteiger partial charge in [0.2, 0.25) is 0 Å². The minimum atomic E-state index is -1.61. The maximum atomic E-state index is 13.7. The van der Waals surface area contributed by atoms with Crippen LogP contribution in [-0.4, -0.2) is 23.0 Å². The van der Waals surface area contributed by atoms with Gasteiger partial charge in [-0.15, -0.1) is 0 Å². The predicted octanol–water partition coefficient (Wildman–Crippen LogP) is 3.32. The van der Waals surface area contributed by atoms with Crippen molar-refractivity contribution >= 4 is 18.2 Å². The molecule has 2 rings (SSSR count). The molecule has 1 heterocycles. The zero-order valence-electron chi connectivity index (χ0n) is 11.0. The van der Waals surface area contributed by atoms with Crippen LogP contribution >= 0.6 is 12.2 Å². The number of carbonyl (C=O) groups is 1. The molecule has 2 aromatic rings. The minimum Gasteiger partial charge on any atom is -0.465 e. The Hall–Kier alpha value is -2.22. The molecule has 21 heavy (non-hydrogen) atoms. The maximum absolute atomic E-state index is 13.7. The highest BCUT2D eigenvalue weighted by atomic mass is 32.1. The summed E-state index contributed by atoms with van der Waals surface area (Å²) in [5.74, 6) is -5.11. The number of carbonyl (C=O) groups excluding carboxylic acids is 1. The number of rotatable bonds is 2. The summed E-state index contributed by atoms with van der Waals surface area (Å²) in [5.41, 5.74) is 0.0136. The van der Waals surface area contributed by atoms with Gasteiger partial charge in [-0.3, -0.25) is 0 Å². The van der Waals surface area contributed by atoms with Gasteiger partial charge < -0.3 is 9.72 Å². The summed E-state index contributed by atoms with van der Waals surface area (Å²) in [6, 6.07) is 1.80. The van der Waals surface area contributed by atoms with E-state index in [2.05, 4.69) is 14.7 Å². The first-order chi connectivity index (χ1) is 9.86. The highest BCUT2D eigenvalue weighted by molar-refractivity contribution is 7.71. The number of nitrogens with zero attached hydrogens (tertiary/aromatic N) is 1. The van der Waals surface area contributed by atoms with E-state index in [1.807, 2.05) is 0 Å². The molecule has 8 heteroatoms. The molecule has 0 amide bonds. The third-order valence-electron chi connectivity index (χ3n) is 2.79. The highest BCUT2D eigenvalue weighted by Crippen LogP contribution is 2.24. The van der Waals surface area contributed by atoms with Crippen molar-refractivity contribution in [2.24, 2.45) is 0 Å². The van der Waals surface area contributed by atoms with Crippen molar-refractivity contribution in [2.45, 2.75) is 6.92 Å². The van der Waals surface area contributed by atoms with Crippen LogP contribution in [-0.2, 0) is 4.74 Å². The number of halogens is 3. The third kappa shape index (κ3) is 2.66. The zero-order valence-corrected chi connectivity index (χ0v) is 11.8. The highest BCUT2D eigenvalue weighted by Gasteiger charge is 2.19. The zero-order chi connectivity index (χ0) is 15.7. The van der Waals surface area contributed by atoms with E-state index < -0.39 is 23.4 Å². The summed E-state index contributed by atoms with van der Waals surface area (Å²) in [6.45, 7) is 1.50.